The number of pyridine rings is 1. The van der Waals surface area contributed by atoms with Crippen molar-refractivity contribution < 1.29 is 19.5 Å². The smallest absolute Gasteiger partial charge is 0.326 e. The monoisotopic (exact) mass is 422 g/mol. The average molecular weight is 422 g/mol. The Morgan fingerprint density at radius 2 is 1.97 bits per heavy atom. The molecule has 3 N–H and O–H groups in total. The summed E-state index contributed by atoms with van der Waals surface area (Å²) >= 11 is 0. The third kappa shape index (κ3) is 3.73. The minimum absolute atomic E-state index is 0.204. The van der Waals surface area contributed by atoms with Crippen LogP contribution in [0.1, 0.15) is 42.9 Å². The van der Waals surface area contributed by atoms with Crippen LogP contribution in [0.5, 0.6) is 0 Å². The van der Waals surface area contributed by atoms with Crippen molar-refractivity contribution in [2.45, 2.75) is 45.7 Å². The number of carbonyl (C=O) groups excluding carboxylic acids is 2. The number of carboxylic acid groups (broad SMARTS) is 1. The molecule has 31 heavy (non-hydrogen) atoms. The summed E-state index contributed by atoms with van der Waals surface area (Å²) in [6.07, 6.45) is 1.07. The summed E-state index contributed by atoms with van der Waals surface area (Å²) in [4.78, 5) is 46.8. The third-order valence-corrected chi connectivity index (χ3v) is 5.95. The molecule has 2 atom stereocenters. The van der Waals surface area contributed by atoms with E-state index in [1.807, 2.05) is 45.0 Å². The number of nitrogens with zero attached hydrogens (tertiary/aromatic N) is 2. The number of carbonyl (C=O) groups is 3. The van der Waals surface area contributed by atoms with Crippen LogP contribution in [-0.4, -0.2) is 56.4 Å². The first-order valence-corrected chi connectivity index (χ1v) is 10.5. The van der Waals surface area contributed by atoms with Gasteiger partial charge in [0.25, 0.3) is 5.91 Å². The van der Waals surface area contributed by atoms with E-state index in [4.69, 9.17) is 0 Å². The molecule has 3 aromatic rings. The molecule has 162 valence electrons. The number of para-hydroxylation sites is 1. The van der Waals surface area contributed by atoms with Crippen molar-refractivity contribution in [3.63, 3.8) is 0 Å². The molecule has 0 bridgehead atoms. The molecule has 1 aliphatic heterocycles. The lowest BCUT2D eigenvalue weighted by Gasteiger charge is -2.29. The van der Waals surface area contributed by atoms with Gasteiger partial charge in [-0.2, -0.15) is 0 Å². The van der Waals surface area contributed by atoms with E-state index >= 15 is 0 Å². The number of likely N-dealkylation sites (tertiary alicyclic amines) is 1. The molecule has 0 radical (unpaired) electrons. The summed E-state index contributed by atoms with van der Waals surface area (Å²) in [5, 5.41) is 14.1. The number of H-pyrrole nitrogens is 1. The summed E-state index contributed by atoms with van der Waals surface area (Å²) in [5.74, 6) is -2.03. The van der Waals surface area contributed by atoms with Crippen molar-refractivity contribution in [3.8, 4) is 0 Å². The number of hydrogen-bond acceptors (Lipinski definition) is 4. The Labute approximate surface area is 179 Å². The topological polar surface area (TPSA) is 115 Å². The van der Waals surface area contributed by atoms with Gasteiger partial charge >= 0.3 is 5.97 Å². The molecule has 2 amide bonds. The average Bonchev–Trinajstić information content (AvgIpc) is 3.36. The highest BCUT2D eigenvalue weighted by molar-refractivity contribution is 6.10. The van der Waals surface area contributed by atoms with E-state index in [0.29, 0.717) is 25.1 Å². The second-order valence-corrected chi connectivity index (χ2v) is 8.41. The van der Waals surface area contributed by atoms with Gasteiger partial charge in [-0.25, -0.2) is 9.78 Å². The minimum Gasteiger partial charge on any atom is -0.480 e. The van der Waals surface area contributed by atoms with Gasteiger partial charge in [-0.3, -0.25) is 9.59 Å². The molecule has 2 unspecified atom stereocenters. The second-order valence-electron chi connectivity index (χ2n) is 8.41. The molecular formula is C23H26N4O4. The van der Waals surface area contributed by atoms with Crippen LogP contribution in [-0.2, 0) is 9.59 Å². The minimum atomic E-state index is -1.01. The first kappa shape index (κ1) is 20.8. The molecule has 1 aromatic carbocycles. The van der Waals surface area contributed by atoms with Crippen LogP contribution in [0, 0.1) is 12.8 Å². The summed E-state index contributed by atoms with van der Waals surface area (Å²) in [6.45, 7) is 5.88. The fourth-order valence-corrected chi connectivity index (χ4v) is 4.32. The number of fused-ring (bicyclic) bond motifs is 3. The highest BCUT2D eigenvalue weighted by Crippen LogP contribution is 2.27. The maximum Gasteiger partial charge on any atom is 0.326 e. The number of amides is 2. The molecule has 1 aliphatic rings. The number of aryl methyl sites for hydroxylation is 1. The van der Waals surface area contributed by atoms with Crippen molar-refractivity contribution >= 4 is 39.6 Å². The Hall–Kier alpha value is -3.42. The number of rotatable bonds is 5. The van der Waals surface area contributed by atoms with Gasteiger partial charge in [-0.1, -0.05) is 32.0 Å². The molecule has 8 heteroatoms. The summed E-state index contributed by atoms with van der Waals surface area (Å²) in [7, 11) is 0. The number of aliphatic carboxylic acids is 1. The normalized spacial score (nSPS) is 17.4. The van der Waals surface area contributed by atoms with Gasteiger partial charge in [0.15, 0.2) is 0 Å². The molecule has 0 aliphatic carbocycles. The fourth-order valence-electron chi connectivity index (χ4n) is 4.32. The fraction of sp³-hybridized carbons (Fsp3) is 0.391. The van der Waals surface area contributed by atoms with Crippen molar-refractivity contribution in [3.05, 3.63) is 41.7 Å². The van der Waals surface area contributed by atoms with Gasteiger partial charge in [0.2, 0.25) is 5.91 Å². The van der Waals surface area contributed by atoms with Crippen LogP contribution in [0.15, 0.2) is 30.3 Å². The van der Waals surface area contributed by atoms with E-state index in [9.17, 15) is 19.5 Å². The zero-order valence-corrected chi connectivity index (χ0v) is 17.8. The van der Waals surface area contributed by atoms with Crippen molar-refractivity contribution in [2.75, 3.05) is 6.54 Å². The molecule has 2 aromatic heterocycles. The maximum atomic E-state index is 13.1. The van der Waals surface area contributed by atoms with Gasteiger partial charge < -0.3 is 20.3 Å². The van der Waals surface area contributed by atoms with Gasteiger partial charge in [-0.05, 0) is 37.8 Å². The Balaban J connectivity index is 1.63. The maximum absolute atomic E-state index is 13.1. The van der Waals surface area contributed by atoms with E-state index in [0.717, 1.165) is 21.8 Å². The molecule has 0 spiro atoms. The molecule has 1 fully saturated rings. The highest BCUT2D eigenvalue weighted by Gasteiger charge is 2.38. The largest absolute Gasteiger partial charge is 0.480 e. The van der Waals surface area contributed by atoms with E-state index < -0.39 is 24.0 Å². The van der Waals surface area contributed by atoms with Crippen LogP contribution < -0.4 is 5.32 Å². The first-order valence-electron chi connectivity index (χ1n) is 10.5. The van der Waals surface area contributed by atoms with E-state index in [1.54, 1.807) is 6.07 Å². The van der Waals surface area contributed by atoms with E-state index in [2.05, 4.69) is 15.3 Å². The Bertz CT molecular complexity index is 1180. The standard InChI is InChI=1S/C23H26N4O4/c1-12(2)19(22(29)27-10-6-9-18(27)23(30)31)26-21(28)17-11-15-14-7-4-5-8-16(14)25-20(15)13(3)24-17/h4-5,7-8,11-12,18-19,25H,6,9-10H2,1-3H3,(H,26,28)(H,30,31). The Kier molecular flexibility index (Phi) is 5.39. The second kappa shape index (κ2) is 8.02. The molecule has 1 saturated heterocycles. The Morgan fingerprint density at radius 3 is 2.68 bits per heavy atom. The molecule has 4 rings (SSSR count). The number of benzene rings is 1. The van der Waals surface area contributed by atoms with Crippen LogP contribution in [0.2, 0.25) is 0 Å². The van der Waals surface area contributed by atoms with Crippen LogP contribution in [0.3, 0.4) is 0 Å². The lowest BCUT2D eigenvalue weighted by molar-refractivity contribution is -0.149. The number of nitrogens with one attached hydrogen (secondary N) is 2. The van der Waals surface area contributed by atoms with Crippen molar-refractivity contribution in [1.29, 1.82) is 0 Å². The van der Waals surface area contributed by atoms with Gasteiger partial charge in [-0.15, -0.1) is 0 Å². The van der Waals surface area contributed by atoms with Gasteiger partial charge in [0.05, 0.1) is 11.2 Å². The highest BCUT2D eigenvalue weighted by atomic mass is 16.4. The van der Waals surface area contributed by atoms with Crippen LogP contribution in [0.4, 0.5) is 0 Å². The van der Waals surface area contributed by atoms with Crippen molar-refractivity contribution in [1.82, 2.24) is 20.2 Å². The molecule has 3 heterocycles. The third-order valence-electron chi connectivity index (χ3n) is 5.95. The zero-order chi connectivity index (χ0) is 22.3. The number of aromatic nitrogens is 2. The molecule has 8 nitrogen and oxygen atoms in total. The lowest BCUT2D eigenvalue weighted by atomic mass is 10.0. The van der Waals surface area contributed by atoms with E-state index in [-0.39, 0.29) is 17.5 Å². The van der Waals surface area contributed by atoms with Gasteiger partial charge in [0, 0.05) is 22.8 Å². The quantitative estimate of drug-likeness (QED) is 0.585. The lowest BCUT2D eigenvalue weighted by Crippen LogP contribution is -2.53. The zero-order valence-electron chi connectivity index (χ0n) is 17.8. The molecule has 0 saturated carbocycles. The predicted molar refractivity (Wildman–Crippen MR) is 117 cm³/mol. The molecular weight excluding hydrogens is 396 g/mol. The van der Waals surface area contributed by atoms with E-state index in [1.165, 1.54) is 4.90 Å². The number of aromatic amines is 1. The van der Waals surface area contributed by atoms with Crippen LogP contribution in [0.25, 0.3) is 21.8 Å². The van der Waals surface area contributed by atoms with Crippen molar-refractivity contribution in [2.24, 2.45) is 5.92 Å². The summed E-state index contributed by atoms with van der Waals surface area (Å²) in [5.41, 5.74) is 2.75. The van der Waals surface area contributed by atoms with Gasteiger partial charge in [0.1, 0.15) is 17.8 Å². The van der Waals surface area contributed by atoms with Crippen LogP contribution >= 0.6 is 0 Å². The number of carboxylic acids is 1. The Morgan fingerprint density at radius 1 is 1.23 bits per heavy atom. The summed E-state index contributed by atoms with van der Waals surface area (Å²) < 4.78 is 0. The predicted octanol–water partition coefficient (Wildman–Crippen LogP) is 2.85. The first-order chi connectivity index (χ1) is 14.8. The summed E-state index contributed by atoms with van der Waals surface area (Å²) in [6, 6.07) is 7.89. The number of hydrogen-bond donors (Lipinski definition) is 3. The SMILES string of the molecule is Cc1nc(C(=O)NC(C(=O)N2CCCC2C(=O)O)C(C)C)cc2c1[nH]c1ccccc12.